The van der Waals surface area contributed by atoms with Gasteiger partial charge in [0.2, 0.25) is 0 Å². The number of carboxylic acids is 1. The lowest BCUT2D eigenvalue weighted by molar-refractivity contribution is -0.144. The number of likely N-dealkylation sites (tertiary alicyclic amines) is 1. The molecule has 0 aliphatic carbocycles. The predicted molar refractivity (Wildman–Crippen MR) is 56.4 cm³/mol. The maximum atomic E-state index is 11.1. The highest BCUT2D eigenvalue weighted by molar-refractivity contribution is 5.73. The van der Waals surface area contributed by atoms with E-state index in [9.17, 15) is 4.79 Å². The van der Waals surface area contributed by atoms with Crippen LogP contribution >= 0.6 is 0 Å². The first-order chi connectivity index (χ1) is 6.66. The summed E-state index contributed by atoms with van der Waals surface area (Å²) in [4.78, 5) is 13.3. The summed E-state index contributed by atoms with van der Waals surface area (Å²) < 4.78 is 0. The molecule has 1 aliphatic rings. The van der Waals surface area contributed by atoms with Crippen molar-refractivity contribution >= 4 is 5.97 Å². The standard InChI is InChI=1S/C11H21NO2/c1-3-9(2)12-8-6-4-5-7-10(12)11(13)14/h9-10H,3-8H2,1-2H3,(H,13,14). The first-order valence-electron chi connectivity index (χ1n) is 5.65. The molecular formula is C11H21NO2. The van der Waals surface area contributed by atoms with Crippen LogP contribution in [-0.2, 0) is 4.79 Å². The summed E-state index contributed by atoms with van der Waals surface area (Å²) in [6.07, 6.45) is 5.23. The normalized spacial score (nSPS) is 26.9. The molecule has 0 spiro atoms. The lowest BCUT2D eigenvalue weighted by atomic mass is 10.1. The molecule has 1 saturated heterocycles. The van der Waals surface area contributed by atoms with Gasteiger partial charge in [-0.1, -0.05) is 19.8 Å². The quantitative estimate of drug-likeness (QED) is 0.756. The minimum atomic E-state index is -0.646. The fourth-order valence-electron chi connectivity index (χ4n) is 2.16. The first kappa shape index (κ1) is 11.5. The van der Waals surface area contributed by atoms with Gasteiger partial charge < -0.3 is 5.11 Å². The minimum Gasteiger partial charge on any atom is -0.480 e. The van der Waals surface area contributed by atoms with E-state index < -0.39 is 5.97 Å². The van der Waals surface area contributed by atoms with E-state index in [0.29, 0.717) is 6.04 Å². The second-order valence-electron chi connectivity index (χ2n) is 4.20. The van der Waals surface area contributed by atoms with E-state index >= 15 is 0 Å². The molecule has 82 valence electrons. The van der Waals surface area contributed by atoms with Crippen molar-refractivity contribution in [3.63, 3.8) is 0 Å². The molecule has 1 heterocycles. The molecule has 0 aromatic heterocycles. The average Bonchev–Trinajstić information content (AvgIpc) is 2.41. The first-order valence-corrected chi connectivity index (χ1v) is 5.65. The Balaban J connectivity index is 2.68. The van der Waals surface area contributed by atoms with E-state index in [1.165, 1.54) is 6.42 Å². The third-order valence-corrected chi connectivity index (χ3v) is 3.24. The van der Waals surface area contributed by atoms with E-state index in [2.05, 4.69) is 18.7 Å². The lowest BCUT2D eigenvalue weighted by Gasteiger charge is -2.32. The van der Waals surface area contributed by atoms with Crippen molar-refractivity contribution in [2.45, 2.75) is 58.0 Å². The van der Waals surface area contributed by atoms with Crippen molar-refractivity contribution in [1.82, 2.24) is 4.90 Å². The molecule has 1 N–H and O–H groups in total. The number of nitrogens with zero attached hydrogens (tertiary/aromatic N) is 1. The minimum absolute atomic E-state index is 0.243. The van der Waals surface area contributed by atoms with E-state index in [-0.39, 0.29) is 6.04 Å². The molecule has 2 unspecified atom stereocenters. The Morgan fingerprint density at radius 1 is 1.50 bits per heavy atom. The van der Waals surface area contributed by atoms with Gasteiger partial charge in [-0.15, -0.1) is 0 Å². The van der Waals surface area contributed by atoms with Crippen LogP contribution in [0.25, 0.3) is 0 Å². The zero-order valence-corrected chi connectivity index (χ0v) is 9.20. The van der Waals surface area contributed by atoms with Crippen LogP contribution in [0.4, 0.5) is 0 Å². The Kier molecular flexibility index (Phi) is 4.39. The van der Waals surface area contributed by atoms with Crippen LogP contribution in [0.15, 0.2) is 0 Å². The third-order valence-electron chi connectivity index (χ3n) is 3.24. The van der Waals surface area contributed by atoms with Crippen molar-refractivity contribution in [2.24, 2.45) is 0 Å². The molecule has 1 aliphatic heterocycles. The van der Waals surface area contributed by atoms with Crippen molar-refractivity contribution in [2.75, 3.05) is 6.54 Å². The fraction of sp³-hybridized carbons (Fsp3) is 0.909. The van der Waals surface area contributed by atoms with E-state index in [0.717, 1.165) is 32.2 Å². The molecule has 1 rings (SSSR count). The van der Waals surface area contributed by atoms with Crippen LogP contribution in [0, 0.1) is 0 Å². The maximum absolute atomic E-state index is 11.1. The van der Waals surface area contributed by atoms with Crippen molar-refractivity contribution in [3.8, 4) is 0 Å². The van der Waals surface area contributed by atoms with Gasteiger partial charge in [0.15, 0.2) is 0 Å². The summed E-state index contributed by atoms with van der Waals surface area (Å²) in [5, 5.41) is 9.14. The van der Waals surface area contributed by atoms with E-state index in [4.69, 9.17) is 5.11 Å². The lowest BCUT2D eigenvalue weighted by Crippen LogP contribution is -2.45. The van der Waals surface area contributed by atoms with Gasteiger partial charge in [0, 0.05) is 6.04 Å². The number of carboxylic acid groups (broad SMARTS) is 1. The Morgan fingerprint density at radius 2 is 2.21 bits per heavy atom. The van der Waals surface area contributed by atoms with Gasteiger partial charge in [0.1, 0.15) is 6.04 Å². The molecule has 0 radical (unpaired) electrons. The summed E-state index contributed by atoms with van der Waals surface area (Å²) in [5.74, 6) is -0.646. The van der Waals surface area contributed by atoms with Gasteiger partial charge in [-0.25, -0.2) is 0 Å². The van der Waals surface area contributed by atoms with Crippen LogP contribution < -0.4 is 0 Å². The number of rotatable bonds is 3. The number of hydrogen-bond acceptors (Lipinski definition) is 2. The van der Waals surface area contributed by atoms with E-state index in [1.54, 1.807) is 0 Å². The van der Waals surface area contributed by atoms with E-state index in [1.807, 2.05) is 0 Å². The smallest absolute Gasteiger partial charge is 0.320 e. The number of carbonyl (C=O) groups is 1. The number of hydrogen-bond donors (Lipinski definition) is 1. The second kappa shape index (κ2) is 5.35. The monoisotopic (exact) mass is 199 g/mol. The largest absolute Gasteiger partial charge is 0.480 e. The number of aliphatic carboxylic acids is 1. The summed E-state index contributed by atoms with van der Waals surface area (Å²) in [6.45, 7) is 5.20. The maximum Gasteiger partial charge on any atom is 0.320 e. The highest BCUT2D eigenvalue weighted by Gasteiger charge is 2.29. The zero-order valence-electron chi connectivity index (χ0n) is 9.20. The highest BCUT2D eigenvalue weighted by Crippen LogP contribution is 2.20. The van der Waals surface area contributed by atoms with Crippen LogP contribution in [0.1, 0.15) is 46.0 Å². The molecule has 3 nitrogen and oxygen atoms in total. The molecule has 0 saturated carbocycles. The second-order valence-corrected chi connectivity index (χ2v) is 4.20. The molecule has 14 heavy (non-hydrogen) atoms. The molecule has 0 aromatic rings. The molecule has 0 bridgehead atoms. The molecular weight excluding hydrogens is 178 g/mol. The molecule has 1 fully saturated rings. The van der Waals surface area contributed by atoms with Crippen LogP contribution in [0.5, 0.6) is 0 Å². The summed E-state index contributed by atoms with van der Waals surface area (Å²) in [5.41, 5.74) is 0. The van der Waals surface area contributed by atoms with Crippen LogP contribution in [0.3, 0.4) is 0 Å². The Labute approximate surface area is 86.1 Å². The topological polar surface area (TPSA) is 40.5 Å². The van der Waals surface area contributed by atoms with Crippen LogP contribution in [0.2, 0.25) is 0 Å². The van der Waals surface area contributed by atoms with Gasteiger partial charge in [-0.3, -0.25) is 9.69 Å². The molecule has 0 amide bonds. The zero-order chi connectivity index (χ0) is 10.6. The van der Waals surface area contributed by atoms with Crippen LogP contribution in [-0.4, -0.2) is 34.6 Å². The van der Waals surface area contributed by atoms with Gasteiger partial charge in [0.05, 0.1) is 0 Å². The summed E-state index contributed by atoms with van der Waals surface area (Å²) >= 11 is 0. The Hall–Kier alpha value is -0.570. The average molecular weight is 199 g/mol. The summed E-state index contributed by atoms with van der Waals surface area (Å²) in [7, 11) is 0. The van der Waals surface area contributed by atoms with Gasteiger partial charge >= 0.3 is 5.97 Å². The Bertz CT molecular complexity index is 194. The van der Waals surface area contributed by atoms with Gasteiger partial charge in [-0.05, 0) is 32.7 Å². The predicted octanol–water partition coefficient (Wildman–Crippen LogP) is 2.11. The fourth-order valence-corrected chi connectivity index (χ4v) is 2.16. The SMILES string of the molecule is CCC(C)N1CCCCCC1C(=O)O. The molecule has 0 aromatic carbocycles. The van der Waals surface area contributed by atoms with Crippen molar-refractivity contribution in [3.05, 3.63) is 0 Å². The van der Waals surface area contributed by atoms with Crippen molar-refractivity contribution in [1.29, 1.82) is 0 Å². The third kappa shape index (κ3) is 2.71. The molecule has 3 heteroatoms. The molecule has 2 atom stereocenters. The Morgan fingerprint density at radius 3 is 2.79 bits per heavy atom. The van der Waals surface area contributed by atoms with Gasteiger partial charge in [-0.2, -0.15) is 0 Å². The van der Waals surface area contributed by atoms with Gasteiger partial charge in [0.25, 0.3) is 0 Å². The highest BCUT2D eigenvalue weighted by atomic mass is 16.4. The van der Waals surface area contributed by atoms with Crippen molar-refractivity contribution < 1.29 is 9.90 Å². The summed E-state index contributed by atoms with van der Waals surface area (Å²) in [6, 6.07) is 0.154.